The highest BCUT2D eigenvalue weighted by atomic mass is 16.5. The van der Waals surface area contributed by atoms with E-state index < -0.39 is 5.97 Å². The van der Waals surface area contributed by atoms with Gasteiger partial charge in [-0.2, -0.15) is 0 Å². The van der Waals surface area contributed by atoms with Gasteiger partial charge in [-0.05, 0) is 49.6 Å². The number of rotatable bonds is 6. The molecule has 2 unspecified atom stereocenters. The van der Waals surface area contributed by atoms with Gasteiger partial charge in [0.1, 0.15) is 11.5 Å². The average molecular weight is 369 g/mol. The lowest BCUT2D eigenvalue weighted by atomic mass is 9.89. The molecule has 0 radical (unpaired) electrons. The number of likely N-dealkylation sites (tertiary alicyclic amines) is 1. The maximum Gasteiger partial charge on any atom is 0.307 e. The van der Waals surface area contributed by atoms with Crippen LogP contribution in [0.3, 0.4) is 0 Å². The van der Waals surface area contributed by atoms with Gasteiger partial charge in [0.2, 0.25) is 0 Å². The lowest BCUT2D eigenvalue weighted by Gasteiger charge is -2.38. The average Bonchev–Trinajstić information content (AvgIpc) is 2.70. The summed E-state index contributed by atoms with van der Waals surface area (Å²) >= 11 is 0. The van der Waals surface area contributed by atoms with Gasteiger partial charge in [-0.1, -0.05) is 24.3 Å². The molecule has 144 valence electrons. The van der Waals surface area contributed by atoms with Crippen LogP contribution in [0.2, 0.25) is 0 Å². The highest BCUT2D eigenvalue weighted by molar-refractivity contribution is 5.70. The van der Waals surface area contributed by atoms with Gasteiger partial charge >= 0.3 is 5.97 Å². The van der Waals surface area contributed by atoms with Crippen molar-refractivity contribution in [1.82, 2.24) is 4.90 Å². The first-order chi connectivity index (χ1) is 13.0. The molecule has 0 amide bonds. The number of methoxy groups -OCH3 is 2. The number of benzene rings is 2. The molecule has 1 saturated heterocycles. The van der Waals surface area contributed by atoms with Crippen LogP contribution in [0.1, 0.15) is 35.6 Å². The summed E-state index contributed by atoms with van der Waals surface area (Å²) in [6, 6.07) is 14.1. The number of piperidine rings is 1. The van der Waals surface area contributed by atoms with E-state index in [1.165, 1.54) is 11.1 Å². The van der Waals surface area contributed by atoms with Crippen LogP contribution in [0.15, 0.2) is 42.5 Å². The van der Waals surface area contributed by atoms with Crippen molar-refractivity contribution < 1.29 is 19.4 Å². The highest BCUT2D eigenvalue weighted by Gasteiger charge is 2.33. The minimum absolute atomic E-state index is 0.0609. The van der Waals surface area contributed by atoms with E-state index in [0.717, 1.165) is 36.4 Å². The second-order valence-electron chi connectivity index (χ2n) is 7.04. The minimum atomic E-state index is -0.718. The number of carbonyl (C=O) groups is 1. The zero-order valence-corrected chi connectivity index (χ0v) is 16.1. The Morgan fingerprint density at radius 1 is 1.15 bits per heavy atom. The van der Waals surface area contributed by atoms with Gasteiger partial charge in [0.25, 0.3) is 0 Å². The summed E-state index contributed by atoms with van der Waals surface area (Å²) in [5, 5.41) is 9.53. The lowest BCUT2D eigenvalue weighted by Crippen LogP contribution is -2.41. The molecule has 0 bridgehead atoms. The third-order valence-electron chi connectivity index (χ3n) is 5.39. The van der Waals surface area contributed by atoms with E-state index in [4.69, 9.17) is 9.47 Å². The summed E-state index contributed by atoms with van der Waals surface area (Å²) in [7, 11) is 3.29. The fraction of sp³-hybridized carbons (Fsp3) is 0.409. The zero-order chi connectivity index (χ0) is 19.4. The third kappa shape index (κ3) is 4.08. The van der Waals surface area contributed by atoms with Gasteiger partial charge in [-0.3, -0.25) is 9.69 Å². The maximum atomic E-state index is 11.6. The normalized spacial score (nSPS) is 18.7. The Morgan fingerprint density at radius 3 is 2.59 bits per heavy atom. The van der Waals surface area contributed by atoms with Crippen LogP contribution in [0.25, 0.3) is 0 Å². The Morgan fingerprint density at radius 2 is 1.93 bits per heavy atom. The van der Waals surface area contributed by atoms with Crippen LogP contribution in [0.5, 0.6) is 11.5 Å². The molecule has 0 aliphatic carbocycles. The van der Waals surface area contributed by atoms with Gasteiger partial charge in [-0.25, -0.2) is 0 Å². The zero-order valence-electron chi connectivity index (χ0n) is 16.1. The molecule has 2 aromatic rings. The van der Waals surface area contributed by atoms with E-state index >= 15 is 0 Å². The first-order valence-corrected chi connectivity index (χ1v) is 9.29. The van der Waals surface area contributed by atoms with Crippen molar-refractivity contribution in [2.75, 3.05) is 27.3 Å². The molecule has 1 aliphatic heterocycles. The summed E-state index contributed by atoms with van der Waals surface area (Å²) in [5.41, 5.74) is 3.38. The van der Waals surface area contributed by atoms with Crippen molar-refractivity contribution in [3.63, 3.8) is 0 Å². The molecule has 5 heteroatoms. The van der Waals surface area contributed by atoms with Gasteiger partial charge in [0.05, 0.1) is 26.2 Å². The number of aliphatic carboxylic acids is 1. The number of carboxylic acids is 1. The van der Waals surface area contributed by atoms with Gasteiger partial charge in [-0.15, -0.1) is 0 Å². The Hall–Kier alpha value is -2.53. The predicted molar refractivity (Wildman–Crippen MR) is 105 cm³/mol. The SMILES string of the molecule is COc1ccc(C(c2ccccc2C)N2CCCC(C(=O)O)C2)c(OC)c1. The smallest absolute Gasteiger partial charge is 0.307 e. The van der Waals surface area contributed by atoms with Crippen molar-refractivity contribution in [3.8, 4) is 11.5 Å². The quantitative estimate of drug-likeness (QED) is 0.837. The molecule has 1 heterocycles. The fourth-order valence-corrected chi connectivity index (χ4v) is 3.94. The van der Waals surface area contributed by atoms with E-state index in [2.05, 4.69) is 24.0 Å². The standard InChI is InChI=1S/C22H27NO4/c1-15-7-4-5-9-18(15)21(23-12-6-8-16(14-23)22(24)25)19-11-10-17(26-2)13-20(19)27-3/h4-5,7,9-11,13,16,21H,6,8,12,14H2,1-3H3,(H,24,25). The minimum Gasteiger partial charge on any atom is -0.497 e. The number of carboxylic acid groups (broad SMARTS) is 1. The predicted octanol–water partition coefficient (Wildman–Crippen LogP) is 3.90. The van der Waals surface area contributed by atoms with Crippen molar-refractivity contribution in [2.45, 2.75) is 25.8 Å². The summed E-state index contributed by atoms with van der Waals surface area (Å²) < 4.78 is 11.0. The number of hydrogen-bond acceptors (Lipinski definition) is 4. The topological polar surface area (TPSA) is 59.0 Å². The molecule has 5 nitrogen and oxygen atoms in total. The van der Waals surface area contributed by atoms with Gasteiger partial charge < -0.3 is 14.6 Å². The molecule has 1 N–H and O–H groups in total. The highest BCUT2D eigenvalue weighted by Crippen LogP contribution is 2.39. The largest absolute Gasteiger partial charge is 0.497 e. The van der Waals surface area contributed by atoms with Crippen molar-refractivity contribution >= 4 is 5.97 Å². The van der Waals surface area contributed by atoms with E-state index in [0.29, 0.717) is 6.54 Å². The van der Waals surface area contributed by atoms with E-state index in [9.17, 15) is 9.90 Å². The van der Waals surface area contributed by atoms with Crippen molar-refractivity contribution in [2.24, 2.45) is 5.92 Å². The maximum absolute atomic E-state index is 11.6. The molecular formula is C22H27NO4. The van der Waals surface area contributed by atoms with Crippen LogP contribution in [-0.4, -0.2) is 43.3 Å². The molecule has 27 heavy (non-hydrogen) atoms. The van der Waals surface area contributed by atoms with Crippen LogP contribution in [0.4, 0.5) is 0 Å². The Balaban J connectivity index is 2.09. The molecule has 0 aromatic heterocycles. The number of hydrogen-bond donors (Lipinski definition) is 1. The first-order valence-electron chi connectivity index (χ1n) is 9.29. The summed E-state index contributed by atoms with van der Waals surface area (Å²) in [5.74, 6) is 0.431. The van der Waals surface area contributed by atoms with Crippen LogP contribution >= 0.6 is 0 Å². The Labute approximate surface area is 160 Å². The molecule has 2 aromatic carbocycles. The molecule has 3 rings (SSSR count). The van der Waals surface area contributed by atoms with E-state index in [1.807, 2.05) is 30.3 Å². The van der Waals surface area contributed by atoms with E-state index in [1.54, 1.807) is 14.2 Å². The van der Waals surface area contributed by atoms with E-state index in [-0.39, 0.29) is 12.0 Å². The molecular weight excluding hydrogens is 342 g/mol. The molecule has 0 saturated carbocycles. The Kier molecular flexibility index (Phi) is 6.01. The monoisotopic (exact) mass is 369 g/mol. The molecule has 2 atom stereocenters. The molecule has 1 fully saturated rings. The fourth-order valence-electron chi connectivity index (χ4n) is 3.94. The second-order valence-corrected chi connectivity index (χ2v) is 7.04. The summed E-state index contributed by atoms with van der Waals surface area (Å²) in [4.78, 5) is 13.9. The summed E-state index contributed by atoms with van der Waals surface area (Å²) in [6.45, 7) is 3.48. The van der Waals surface area contributed by atoms with Crippen molar-refractivity contribution in [3.05, 3.63) is 59.2 Å². The number of aryl methyl sites for hydroxylation is 1. The lowest BCUT2D eigenvalue weighted by molar-refractivity contribution is -0.143. The third-order valence-corrected chi connectivity index (χ3v) is 5.39. The van der Waals surface area contributed by atoms with Crippen LogP contribution in [0, 0.1) is 12.8 Å². The van der Waals surface area contributed by atoms with Crippen LogP contribution in [-0.2, 0) is 4.79 Å². The number of ether oxygens (including phenoxy) is 2. The second kappa shape index (κ2) is 8.44. The molecule has 0 spiro atoms. The van der Waals surface area contributed by atoms with Crippen LogP contribution < -0.4 is 9.47 Å². The summed E-state index contributed by atoms with van der Waals surface area (Å²) in [6.07, 6.45) is 1.60. The van der Waals surface area contributed by atoms with Gasteiger partial charge in [0, 0.05) is 18.2 Å². The molecule has 1 aliphatic rings. The van der Waals surface area contributed by atoms with Gasteiger partial charge in [0.15, 0.2) is 0 Å². The first kappa shape index (κ1) is 19.2. The number of nitrogens with zero attached hydrogens (tertiary/aromatic N) is 1. The van der Waals surface area contributed by atoms with Crippen molar-refractivity contribution in [1.29, 1.82) is 0 Å². The Bertz CT molecular complexity index is 805.